The molecule has 2 heterocycles. The van der Waals surface area contributed by atoms with Gasteiger partial charge < -0.3 is 21.1 Å². The van der Waals surface area contributed by atoms with Crippen LogP contribution in [-0.2, 0) is 0 Å². The third-order valence-corrected chi connectivity index (χ3v) is 5.27. The number of halogens is 1. The van der Waals surface area contributed by atoms with Gasteiger partial charge in [0, 0.05) is 23.2 Å². The van der Waals surface area contributed by atoms with Gasteiger partial charge in [-0.1, -0.05) is 13.8 Å². The monoisotopic (exact) mass is 372 g/mol. The SMILES string of the molecule is CC[C@H]1[C@H](C)[C@@H](Nc2ccc(F)cn2)c2cc(C(N)=O)ccc2N1C(C)O. The largest absolute Gasteiger partial charge is 0.374 e. The van der Waals surface area contributed by atoms with Crippen LogP contribution in [0.1, 0.15) is 49.2 Å². The van der Waals surface area contributed by atoms with Gasteiger partial charge in [-0.3, -0.25) is 4.79 Å². The molecule has 1 aromatic heterocycles. The third kappa shape index (κ3) is 3.60. The van der Waals surface area contributed by atoms with Gasteiger partial charge in [0.05, 0.1) is 12.2 Å². The van der Waals surface area contributed by atoms with E-state index in [1.165, 1.54) is 6.07 Å². The molecule has 4 atom stereocenters. The second-order valence-corrected chi connectivity index (χ2v) is 7.00. The highest BCUT2D eigenvalue weighted by Gasteiger charge is 2.39. The van der Waals surface area contributed by atoms with Crippen LogP contribution >= 0.6 is 0 Å². The van der Waals surface area contributed by atoms with Crippen molar-refractivity contribution in [1.29, 1.82) is 0 Å². The number of nitrogens with zero attached hydrogens (tertiary/aromatic N) is 2. The van der Waals surface area contributed by atoms with Crippen LogP contribution in [0, 0.1) is 11.7 Å². The number of hydrogen-bond acceptors (Lipinski definition) is 5. The van der Waals surface area contributed by atoms with Crippen LogP contribution < -0.4 is 16.0 Å². The summed E-state index contributed by atoms with van der Waals surface area (Å²) in [6, 6.07) is 8.10. The minimum absolute atomic E-state index is 0.0786. The number of aliphatic hydroxyl groups excluding tert-OH is 1. The van der Waals surface area contributed by atoms with Crippen molar-refractivity contribution in [3.05, 3.63) is 53.5 Å². The average Bonchev–Trinajstić information content (AvgIpc) is 2.64. The van der Waals surface area contributed by atoms with E-state index in [9.17, 15) is 14.3 Å². The fourth-order valence-electron chi connectivity index (χ4n) is 4.01. The van der Waals surface area contributed by atoms with Crippen molar-refractivity contribution in [2.24, 2.45) is 11.7 Å². The molecule has 7 heteroatoms. The summed E-state index contributed by atoms with van der Waals surface area (Å²) >= 11 is 0. The van der Waals surface area contributed by atoms with E-state index in [0.717, 1.165) is 23.9 Å². The highest BCUT2D eigenvalue weighted by molar-refractivity contribution is 5.93. The lowest BCUT2D eigenvalue weighted by atomic mass is 9.80. The molecule has 1 aliphatic rings. The van der Waals surface area contributed by atoms with Crippen molar-refractivity contribution < 1.29 is 14.3 Å². The maximum absolute atomic E-state index is 13.2. The zero-order chi connectivity index (χ0) is 19.7. The number of primary amides is 1. The number of nitrogens with one attached hydrogen (secondary N) is 1. The first-order valence-electron chi connectivity index (χ1n) is 9.11. The van der Waals surface area contributed by atoms with Crippen LogP contribution in [0.4, 0.5) is 15.9 Å². The van der Waals surface area contributed by atoms with Crippen molar-refractivity contribution in [3.63, 3.8) is 0 Å². The van der Waals surface area contributed by atoms with Crippen LogP contribution in [0.2, 0.25) is 0 Å². The number of benzene rings is 1. The number of carbonyl (C=O) groups is 1. The average molecular weight is 372 g/mol. The summed E-state index contributed by atoms with van der Waals surface area (Å²) in [4.78, 5) is 17.8. The van der Waals surface area contributed by atoms with Gasteiger partial charge in [0.1, 0.15) is 17.9 Å². The maximum atomic E-state index is 13.2. The maximum Gasteiger partial charge on any atom is 0.248 e. The molecule has 144 valence electrons. The number of hydrogen-bond donors (Lipinski definition) is 3. The van der Waals surface area contributed by atoms with E-state index in [-0.39, 0.29) is 18.0 Å². The molecule has 2 aromatic rings. The molecule has 1 unspecified atom stereocenters. The second kappa shape index (κ2) is 7.52. The molecule has 0 saturated carbocycles. The molecule has 0 spiro atoms. The van der Waals surface area contributed by atoms with Gasteiger partial charge in [0.15, 0.2) is 0 Å². The van der Waals surface area contributed by atoms with Gasteiger partial charge in [-0.05, 0) is 49.2 Å². The van der Waals surface area contributed by atoms with Crippen LogP contribution in [0.3, 0.4) is 0 Å². The van der Waals surface area contributed by atoms with Crippen LogP contribution in [0.25, 0.3) is 0 Å². The molecule has 1 aliphatic heterocycles. The molecule has 3 rings (SSSR count). The fourth-order valence-corrected chi connectivity index (χ4v) is 4.01. The second-order valence-electron chi connectivity index (χ2n) is 7.00. The number of nitrogens with two attached hydrogens (primary N) is 1. The van der Waals surface area contributed by atoms with Crippen molar-refractivity contribution in [2.75, 3.05) is 10.2 Å². The zero-order valence-corrected chi connectivity index (χ0v) is 15.7. The Morgan fingerprint density at radius 1 is 1.41 bits per heavy atom. The Balaban J connectivity index is 2.10. The van der Waals surface area contributed by atoms with Crippen molar-refractivity contribution >= 4 is 17.4 Å². The molecule has 0 saturated heterocycles. The van der Waals surface area contributed by atoms with E-state index in [1.807, 2.05) is 11.0 Å². The molecular weight excluding hydrogens is 347 g/mol. The molecule has 6 nitrogen and oxygen atoms in total. The Bertz CT molecular complexity index is 825. The molecule has 4 N–H and O–H groups in total. The highest BCUT2D eigenvalue weighted by Crippen LogP contribution is 2.44. The molecule has 1 amide bonds. The van der Waals surface area contributed by atoms with Gasteiger partial charge in [-0.25, -0.2) is 9.37 Å². The van der Waals surface area contributed by atoms with E-state index < -0.39 is 18.0 Å². The standard InChI is InChI=1S/C20H25FN4O2/c1-4-16-11(2)19(24-18-8-6-14(21)10-23-18)15-9-13(20(22)27)5-7-17(15)25(16)12(3)26/h5-12,16,19,26H,4H2,1-3H3,(H2,22,27)(H,23,24)/t11-,12?,16-,19+/m0/s1. The number of anilines is 2. The summed E-state index contributed by atoms with van der Waals surface area (Å²) in [5.41, 5.74) is 7.57. The Kier molecular flexibility index (Phi) is 5.32. The molecular formula is C20H25FN4O2. The third-order valence-electron chi connectivity index (χ3n) is 5.27. The summed E-state index contributed by atoms with van der Waals surface area (Å²) in [6.45, 7) is 5.90. The van der Waals surface area contributed by atoms with Crippen molar-refractivity contribution in [2.45, 2.75) is 45.5 Å². The molecule has 1 aromatic carbocycles. The van der Waals surface area contributed by atoms with E-state index in [2.05, 4.69) is 24.1 Å². The number of rotatable bonds is 5. The summed E-state index contributed by atoms with van der Waals surface area (Å²) < 4.78 is 13.2. The lowest BCUT2D eigenvalue weighted by molar-refractivity contribution is 0.1000. The van der Waals surface area contributed by atoms with Crippen LogP contribution in [0.15, 0.2) is 36.5 Å². The summed E-state index contributed by atoms with van der Waals surface area (Å²) in [7, 11) is 0. The van der Waals surface area contributed by atoms with Gasteiger partial charge in [0.2, 0.25) is 5.91 Å². The number of carbonyl (C=O) groups excluding carboxylic acids is 1. The Morgan fingerprint density at radius 3 is 2.70 bits per heavy atom. The molecule has 0 aliphatic carbocycles. The Labute approximate surface area is 158 Å². The molecule has 27 heavy (non-hydrogen) atoms. The van der Waals surface area contributed by atoms with Gasteiger partial charge in [-0.2, -0.15) is 0 Å². The van der Waals surface area contributed by atoms with Crippen LogP contribution in [0.5, 0.6) is 0 Å². The molecule has 0 fully saturated rings. The van der Waals surface area contributed by atoms with Crippen molar-refractivity contribution in [3.8, 4) is 0 Å². The molecule has 0 bridgehead atoms. The van der Waals surface area contributed by atoms with Gasteiger partial charge in [-0.15, -0.1) is 0 Å². The number of aromatic nitrogens is 1. The van der Waals surface area contributed by atoms with Gasteiger partial charge >= 0.3 is 0 Å². The topological polar surface area (TPSA) is 91.5 Å². The van der Waals surface area contributed by atoms with E-state index in [1.54, 1.807) is 25.1 Å². The molecule has 0 radical (unpaired) electrons. The number of aliphatic hydroxyl groups is 1. The van der Waals surface area contributed by atoms with Crippen LogP contribution in [-0.4, -0.2) is 28.3 Å². The quantitative estimate of drug-likeness (QED) is 0.750. The minimum atomic E-state index is -0.680. The van der Waals surface area contributed by atoms with E-state index in [4.69, 9.17) is 5.73 Å². The number of amides is 1. The van der Waals surface area contributed by atoms with Crippen molar-refractivity contribution in [1.82, 2.24) is 4.98 Å². The van der Waals surface area contributed by atoms with E-state index >= 15 is 0 Å². The smallest absolute Gasteiger partial charge is 0.248 e. The number of pyridine rings is 1. The highest BCUT2D eigenvalue weighted by atomic mass is 19.1. The predicted molar refractivity (Wildman–Crippen MR) is 103 cm³/mol. The lowest BCUT2D eigenvalue weighted by Gasteiger charge is -2.48. The summed E-state index contributed by atoms with van der Waals surface area (Å²) in [5.74, 6) is -0.276. The lowest BCUT2D eigenvalue weighted by Crippen LogP contribution is -2.51. The summed E-state index contributed by atoms with van der Waals surface area (Å²) in [6.07, 6.45) is 1.31. The zero-order valence-electron chi connectivity index (χ0n) is 15.7. The Morgan fingerprint density at radius 2 is 2.15 bits per heavy atom. The van der Waals surface area contributed by atoms with Gasteiger partial charge in [0.25, 0.3) is 0 Å². The first-order valence-corrected chi connectivity index (χ1v) is 9.11. The first-order chi connectivity index (χ1) is 12.8. The minimum Gasteiger partial charge on any atom is -0.374 e. The Hall–Kier alpha value is -2.67. The predicted octanol–water partition coefficient (Wildman–Crippen LogP) is 3.05. The summed E-state index contributed by atoms with van der Waals surface area (Å²) in [5, 5.41) is 13.8. The van der Waals surface area contributed by atoms with E-state index in [0.29, 0.717) is 11.4 Å². The number of fused-ring (bicyclic) bond motifs is 1. The fraction of sp³-hybridized carbons (Fsp3) is 0.400. The first kappa shape index (κ1) is 19.1. The normalized spacial score (nSPS) is 22.9.